The van der Waals surface area contributed by atoms with Crippen LogP contribution in [0.5, 0.6) is 0 Å². The van der Waals surface area contributed by atoms with Crippen molar-refractivity contribution in [2.75, 3.05) is 0 Å². The first-order valence-corrected chi connectivity index (χ1v) is 12.1. The van der Waals surface area contributed by atoms with Gasteiger partial charge in [0.1, 0.15) is 5.82 Å². The number of hydrogen-bond donors (Lipinski definition) is 0. The van der Waals surface area contributed by atoms with Gasteiger partial charge in [0.05, 0.1) is 12.0 Å². The molecule has 0 aliphatic rings. The summed E-state index contributed by atoms with van der Waals surface area (Å²) in [4.78, 5) is 9.05. The molecule has 1 aromatic heterocycles. The molecule has 0 spiro atoms. The molecule has 3 nitrogen and oxygen atoms in total. The molecule has 32 heavy (non-hydrogen) atoms. The van der Waals surface area contributed by atoms with Crippen LogP contribution in [-0.4, -0.2) is 9.97 Å². The van der Waals surface area contributed by atoms with E-state index in [9.17, 15) is 5.26 Å². The highest BCUT2D eigenvalue weighted by atomic mass is 14.9. The van der Waals surface area contributed by atoms with Crippen LogP contribution >= 0.6 is 0 Å². The second-order valence-corrected chi connectivity index (χ2v) is 8.63. The van der Waals surface area contributed by atoms with Crippen LogP contribution in [0.3, 0.4) is 0 Å². The second-order valence-electron chi connectivity index (χ2n) is 8.63. The Kier molecular flexibility index (Phi) is 9.44. The lowest BCUT2D eigenvalue weighted by Gasteiger charge is -2.11. The molecule has 1 unspecified atom stereocenters. The second kappa shape index (κ2) is 12.8. The number of nitriles is 1. The molecule has 3 heteroatoms. The molecule has 166 valence electrons. The van der Waals surface area contributed by atoms with Crippen molar-refractivity contribution in [1.82, 2.24) is 9.97 Å². The minimum absolute atomic E-state index is 0.128. The Morgan fingerprint density at radius 2 is 1.31 bits per heavy atom. The summed E-state index contributed by atoms with van der Waals surface area (Å²) in [6.45, 7) is 4.43. The Hall–Kier alpha value is -2.99. The van der Waals surface area contributed by atoms with Crippen LogP contribution in [0.25, 0.3) is 11.1 Å². The largest absolute Gasteiger partial charge is 0.241 e. The van der Waals surface area contributed by atoms with E-state index in [1.807, 2.05) is 12.4 Å². The highest BCUT2D eigenvalue weighted by molar-refractivity contribution is 5.61. The lowest BCUT2D eigenvalue weighted by atomic mass is 9.91. The fourth-order valence-electron chi connectivity index (χ4n) is 3.97. The van der Waals surface area contributed by atoms with Crippen LogP contribution in [0.15, 0.2) is 60.9 Å². The van der Waals surface area contributed by atoms with Crippen LogP contribution in [0, 0.1) is 11.3 Å². The molecule has 0 aliphatic heterocycles. The summed E-state index contributed by atoms with van der Waals surface area (Å²) < 4.78 is 0. The van der Waals surface area contributed by atoms with Gasteiger partial charge in [-0.3, -0.25) is 0 Å². The van der Waals surface area contributed by atoms with Gasteiger partial charge in [-0.2, -0.15) is 5.26 Å². The van der Waals surface area contributed by atoms with Crippen LogP contribution in [0.2, 0.25) is 0 Å². The van der Waals surface area contributed by atoms with E-state index in [0.717, 1.165) is 48.2 Å². The first kappa shape index (κ1) is 23.7. The predicted molar refractivity (Wildman–Crippen MR) is 132 cm³/mol. The Balaban J connectivity index is 1.59. The van der Waals surface area contributed by atoms with Crippen molar-refractivity contribution in [3.8, 4) is 17.2 Å². The normalized spacial score (nSPS) is 11.8. The zero-order valence-electron chi connectivity index (χ0n) is 19.6. The molecule has 0 amide bonds. The van der Waals surface area contributed by atoms with Crippen LogP contribution < -0.4 is 0 Å². The molecule has 0 radical (unpaired) electrons. The smallest absolute Gasteiger partial charge is 0.128 e. The van der Waals surface area contributed by atoms with E-state index in [-0.39, 0.29) is 5.92 Å². The van der Waals surface area contributed by atoms with Gasteiger partial charge in [-0.1, -0.05) is 88.1 Å². The average Bonchev–Trinajstić information content (AvgIpc) is 2.84. The van der Waals surface area contributed by atoms with Gasteiger partial charge in [0.15, 0.2) is 0 Å². The molecule has 0 aliphatic carbocycles. The van der Waals surface area contributed by atoms with Crippen molar-refractivity contribution >= 4 is 0 Å². The fraction of sp³-hybridized carbons (Fsp3) is 0.414. The van der Waals surface area contributed by atoms with E-state index in [1.165, 1.54) is 43.2 Å². The molecule has 0 bridgehead atoms. The van der Waals surface area contributed by atoms with E-state index in [0.29, 0.717) is 0 Å². The molecule has 0 saturated heterocycles. The Labute approximate surface area is 193 Å². The SMILES string of the molecule is CCCCCc1ccc(C(C#N)Cc2ccc(-c3cnc(CCCCC)nc3)cc2)cc1. The third kappa shape index (κ3) is 7.02. The van der Waals surface area contributed by atoms with E-state index >= 15 is 0 Å². The zero-order chi connectivity index (χ0) is 22.6. The van der Waals surface area contributed by atoms with E-state index in [2.05, 4.69) is 78.4 Å². The lowest BCUT2D eigenvalue weighted by Crippen LogP contribution is -2.01. The third-order valence-electron chi connectivity index (χ3n) is 6.04. The summed E-state index contributed by atoms with van der Waals surface area (Å²) in [5.41, 5.74) is 5.78. The van der Waals surface area contributed by atoms with Crippen molar-refractivity contribution in [3.05, 3.63) is 83.4 Å². The molecule has 0 saturated carbocycles. The van der Waals surface area contributed by atoms with Crippen LogP contribution in [0.4, 0.5) is 0 Å². The minimum atomic E-state index is -0.128. The Bertz CT molecular complexity index is 967. The number of rotatable bonds is 12. The topological polar surface area (TPSA) is 49.6 Å². The Morgan fingerprint density at radius 3 is 1.91 bits per heavy atom. The maximum atomic E-state index is 9.75. The first-order chi connectivity index (χ1) is 15.7. The quantitative estimate of drug-likeness (QED) is 0.283. The van der Waals surface area contributed by atoms with E-state index < -0.39 is 0 Å². The number of aryl methyl sites for hydroxylation is 2. The standard InChI is InChI=1S/C29H35N3/c1-3-5-7-9-23-11-15-25(16-12-23)27(20-30)19-24-13-17-26(18-14-24)28-21-31-29(32-22-28)10-8-6-4-2/h11-18,21-22,27H,3-10,19H2,1-2H3. The van der Waals surface area contributed by atoms with Crippen molar-refractivity contribution in [1.29, 1.82) is 5.26 Å². The van der Waals surface area contributed by atoms with Gasteiger partial charge in [-0.25, -0.2) is 9.97 Å². The highest BCUT2D eigenvalue weighted by Crippen LogP contribution is 2.24. The summed E-state index contributed by atoms with van der Waals surface area (Å²) in [6.07, 6.45) is 14.0. The summed E-state index contributed by atoms with van der Waals surface area (Å²) in [5, 5.41) is 9.75. The van der Waals surface area contributed by atoms with Crippen molar-refractivity contribution in [3.63, 3.8) is 0 Å². The predicted octanol–water partition coefficient (Wildman–Crippen LogP) is 7.46. The molecular formula is C29H35N3. The van der Waals surface area contributed by atoms with Crippen molar-refractivity contribution in [2.45, 2.75) is 77.6 Å². The molecule has 0 N–H and O–H groups in total. The monoisotopic (exact) mass is 425 g/mol. The molecular weight excluding hydrogens is 390 g/mol. The minimum Gasteiger partial charge on any atom is -0.241 e. The summed E-state index contributed by atoms with van der Waals surface area (Å²) in [6, 6.07) is 19.6. The third-order valence-corrected chi connectivity index (χ3v) is 6.04. The molecule has 2 aromatic carbocycles. The Morgan fingerprint density at radius 1 is 0.719 bits per heavy atom. The van der Waals surface area contributed by atoms with Gasteiger partial charge in [0.2, 0.25) is 0 Å². The van der Waals surface area contributed by atoms with Gasteiger partial charge in [0, 0.05) is 24.4 Å². The first-order valence-electron chi connectivity index (χ1n) is 12.1. The fourth-order valence-corrected chi connectivity index (χ4v) is 3.97. The van der Waals surface area contributed by atoms with E-state index in [4.69, 9.17) is 0 Å². The summed E-state index contributed by atoms with van der Waals surface area (Å²) in [5.74, 6) is 0.795. The average molecular weight is 426 g/mol. The van der Waals surface area contributed by atoms with E-state index in [1.54, 1.807) is 0 Å². The van der Waals surface area contributed by atoms with Crippen LogP contribution in [0.1, 0.15) is 80.8 Å². The molecule has 1 heterocycles. The summed E-state index contributed by atoms with van der Waals surface area (Å²) >= 11 is 0. The maximum absolute atomic E-state index is 9.75. The number of nitrogens with zero attached hydrogens (tertiary/aromatic N) is 3. The molecule has 3 aromatic rings. The van der Waals surface area contributed by atoms with Gasteiger partial charge in [-0.15, -0.1) is 0 Å². The highest BCUT2D eigenvalue weighted by Gasteiger charge is 2.12. The molecule has 0 fully saturated rings. The van der Waals surface area contributed by atoms with Crippen molar-refractivity contribution in [2.24, 2.45) is 0 Å². The van der Waals surface area contributed by atoms with Gasteiger partial charge < -0.3 is 0 Å². The number of aromatic nitrogens is 2. The van der Waals surface area contributed by atoms with Gasteiger partial charge >= 0.3 is 0 Å². The maximum Gasteiger partial charge on any atom is 0.128 e. The lowest BCUT2D eigenvalue weighted by molar-refractivity contribution is 0.693. The van der Waals surface area contributed by atoms with Gasteiger partial charge in [-0.05, 0) is 47.9 Å². The summed E-state index contributed by atoms with van der Waals surface area (Å²) in [7, 11) is 0. The zero-order valence-corrected chi connectivity index (χ0v) is 19.6. The molecule has 1 atom stereocenters. The van der Waals surface area contributed by atoms with Crippen LogP contribution in [-0.2, 0) is 19.3 Å². The molecule has 3 rings (SSSR count). The van der Waals surface area contributed by atoms with Gasteiger partial charge in [0.25, 0.3) is 0 Å². The van der Waals surface area contributed by atoms with Crippen molar-refractivity contribution < 1.29 is 0 Å². The number of benzene rings is 2. The number of unbranched alkanes of at least 4 members (excludes halogenated alkanes) is 4. The number of hydrogen-bond acceptors (Lipinski definition) is 3.